The molecular weight excluding hydrogens is 317 g/mol. The van der Waals surface area contributed by atoms with Crippen molar-refractivity contribution < 1.29 is 9.50 Å². The van der Waals surface area contributed by atoms with Gasteiger partial charge in [-0.1, -0.05) is 6.07 Å². The lowest BCUT2D eigenvalue weighted by atomic mass is 10.1. The molecule has 0 aliphatic heterocycles. The van der Waals surface area contributed by atoms with E-state index >= 15 is 0 Å². The zero-order valence-electron chi connectivity index (χ0n) is 9.62. The number of halogens is 2. The van der Waals surface area contributed by atoms with E-state index in [1.165, 1.54) is 10.9 Å². The standard InChI is InChI=1S/C13H13BrFNOS/c14-11-4-12(18-8-11)6-16-5-9-1-2-13(15)10(3-9)7-17/h1-4,8,16-17H,5-7H2. The molecule has 1 aromatic heterocycles. The molecule has 2 rings (SSSR count). The third kappa shape index (κ3) is 3.62. The van der Waals surface area contributed by atoms with Gasteiger partial charge in [0, 0.05) is 33.4 Å². The molecule has 96 valence electrons. The largest absolute Gasteiger partial charge is 0.392 e. The van der Waals surface area contributed by atoms with Crippen LogP contribution in [0, 0.1) is 5.82 Å². The van der Waals surface area contributed by atoms with Crippen LogP contribution in [0.15, 0.2) is 34.1 Å². The Kier molecular flexibility index (Phi) is 4.88. The van der Waals surface area contributed by atoms with Crippen LogP contribution in [-0.4, -0.2) is 5.11 Å². The molecule has 2 N–H and O–H groups in total. The quantitative estimate of drug-likeness (QED) is 0.880. The normalized spacial score (nSPS) is 10.8. The zero-order valence-corrected chi connectivity index (χ0v) is 12.0. The predicted octanol–water partition coefficient (Wildman–Crippen LogP) is 3.43. The fourth-order valence-corrected chi connectivity index (χ4v) is 3.06. The van der Waals surface area contributed by atoms with Crippen LogP contribution >= 0.6 is 27.3 Å². The maximum atomic E-state index is 13.2. The lowest BCUT2D eigenvalue weighted by molar-refractivity contribution is 0.275. The lowest BCUT2D eigenvalue weighted by Crippen LogP contribution is -2.12. The van der Waals surface area contributed by atoms with Gasteiger partial charge in [0.05, 0.1) is 6.61 Å². The predicted molar refractivity (Wildman–Crippen MR) is 74.9 cm³/mol. The smallest absolute Gasteiger partial charge is 0.128 e. The molecule has 1 heterocycles. The molecule has 5 heteroatoms. The Morgan fingerprint density at radius 2 is 2.11 bits per heavy atom. The summed E-state index contributed by atoms with van der Waals surface area (Å²) >= 11 is 5.09. The van der Waals surface area contributed by atoms with Crippen molar-refractivity contribution in [2.24, 2.45) is 0 Å². The summed E-state index contributed by atoms with van der Waals surface area (Å²) in [5.74, 6) is -0.358. The van der Waals surface area contributed by atoms with Gasteiger partial charge in [-0.15, -0.1) is 11.3 Å². The number of thiophene rings is 1. The zero-order chi connectivity index (χ0) is 13.0. The summed E-state index contributed by atoms with van der Waals surface area (Å²) in [5.41, 5.74) is 1.31. The molecule has 0 radical (unpaired) electrons. The van der Waals surface area contributed by atoms with Gasteiger partial charge in [-0.05, 0) is 39.7 Å². The molecule has 0 unspecified atom stereocenters. The van der Waals surface area contributed by atoms with Crippen molar-refractivity contribution >= 4 is 27.3 Å². The second-order valence-corrected chi connectivity index (χ2v) is 5.83. The van der Waals surface area contributed by atoms with Crippen molar-refractivity contribution in [3.8, 4) is 0 Å². The molecule has 0 aliphatic rings. The van der Waals surface area contributed by atoms with E-state index in [9.17, 15) is 4.39 Å². The molecule has 0 atom stereocenters. The average molecular weight is 330 g/mol. The van der Waals surface area contributed by atoms with Crippen LogP contribution in [0.2, 0.25) is 0 Å². The summed E-state index contributed by atoms with van der Waals surface area (Å²) in [4.78, 5) is 1.24. The molecule has 1 aromatic carbocycles. The first-order valence-corrected chi connectivity index (χ1v) is 7.18. The number of aliphatic hydroxyl groups excluding tert-OH is 1. The van der Waals surface area contributed by atoms with E-state index in [2.05, 4.69) is 27.3 Å². The fourth-order valence-electron chi connectivity index (χ4n) is 1.64. The lowest BCUT2D eigenvalue weighted by Gasteiger charge is -2.06. The van der Waals surface area contributed by atoms with E-state index in [0.717, 1.165) is 16.6 Å². The van der Waals surface area contributed by atoms with Gasteiger partial charge in [-0.3, -0.25) is 0 Å². The summed E-state index contributed by atoms with van der Waals surface area (Å²) in [6.45, 7) is 1.17. The Bertz CT molecular complexity index is 529. The second-order valence-electron chi connectivity index (χ2n) is 3.92. The number of aliphatic hydroxyl groups is 1. The fraction of sp³-hybridized carbons (Fsp3) is 0.231. The van der Waals surface area contributed by atoms with Gasteiger partial charge < -0.3 is 10.4 Å². The van der Waals surface area contributed by atoms with Crippen LogP contribution in [-0.2, 0) is 19.7 Å². The van der Waals surface area contributed by atoms with E-state index in [-0.39, 0.29) is 12.4 Å². The molecular formula is C13H13BrFNOS. The minimum atomic E-state index is -0.358. The van der Waals surface area contributed by atoms with Crippen LogP contribution in [0.4, 0.5) is 4.39 Å². The molecule has 0 spiro atoms. The second kappa shape index (κ2) is 6.43. The van der Waals surface area contributed by atoms with Gasteiger partial charge in [-0.2, -0.15) is 0 Å². The van der Waals surface area contributed by atoms with Gasteiger partial charge in [0.1, 0.15) is 5.82 Å². The average Bonchev–Trinajstić information content (AvgIpc) is 2.77. The Hall–Kier alpha value is -0.750. The third-order valence-corrected chi connectivity index (χ3v) is 4.23. The summed E-state index contributed by atoms with van der Waals surface area (Å²) < 4.78 is 14.3. The minimum absolute atomic E-state index is 0.266. The molecule has 2 aromatic rings. The third-order valence-electron chi connectivity index (χ3n) is 2.53. The Morgan fingerprint density at radius 1 is 1.28 bits per heavy atom. The first kappa shape index (κ1) is 13.7. The van der Waals surface area contributed by atoms with Gasteiger partial charge in [-0.25, -0.2) is 4.39 Å². The van der Waals surface area contributed by atoms with E-state index in [1.807, 2.05) is 5.38 Å². The van der Waals surface area contributed by atoms with Crippen molar-refractivity contribution in [2.45, 2.75) is 19.7 Å². The van der Waals surface area contributed by atoms with Crippen LogP contribution in [0.25, 0.3) is 0 Å². The SMILES string of the molecule is OCc1cc(CNCc2cc(Br)cs2)ccc1F. The van der Waals surface area contributed by atoms with Crippen LogP contribution in [0.1, 0.15) is 16.0 Å². The van der Waals surface area contributed by atoms with Gasteiger partial charge in [0.15, 0.2) is 0 Å². The number of benzene rings is 1. The molecule has 0 fully saturated rings. The Balaban J connectivity index is 1.90. The van der Waals surface area contributed by atoms with Crippen molar-refractivity contribution in [2.75, 3.05) is 0 Å². The molecule has 0 saturated carbocycles. The van der Waals surface area contributed by atoms with Crippen molar-refractivity contribution in [3.63, 3.8) is 0 Å². The Morgan fingerprint density at radius 3 is 2.78 bits per heavy atom. The number of hydrogen-bond acceptors (Lipinski definition) is 3. The first-order valence-electron chi connectivity index (χ1n) is 5.51. The summed E-state index contributed by atoms with van der Waals surface area (Å²) in [6, 6.07) is 6.88. The highest BCUT2D eigenvalue weighted by Crippen LogP contribution is 2.19. The van der Waals surface area contributed by atoms with Crippen LogP contribution < -0.4 is 5.32 Å². The molecule has 2 nitrogen and oxygen atoms in total. The van der Waals surface area contributed by atoms with E-state index < -0.39 is 0 Å². The number of hydrogen-bond donors (Lipinski definition) is 2. The molecule has 0 amide bonds. The topological polar surface area (TPSA) is 32.3 Å². The molecule has 0 bridgehead atoms. The first-order chi connectivity index (χ1) is 8.69. The van der Waals surface area contributed by atoms with E-state index in [1.54, 1.807) is 23.5 Å². The molecule has 18 heavy (non-hydrogen) atoms. The summed E-state index contributed by atoms with van der Waals surface area (Å²) in [6.07, 6.45) is 0. The number of rotatable bonds is 5. The maximum Gasteiger partial charge on any atom is 0.128 e. The molecule has 0 saturated heterocycles. The van der Waals surface area contributed by atoms with Crippen LogP contribution in [0.3, 0.4) is 0 Å². The number of nitrogens with one attached hydrogen (secondary N) is 1. The van der Waals surface area contributed by atoms with Crippen LogP contribution in [0.5, 0.6) is 0 Å². The van der Waals surface area contributed by atoms with Crippen molar-refractivity contribution in [1.82, 2.24) is 5.32 Å². The van der Waals surface area contributed by atoms with Gasteiger partial charge >= 0.3 is 0 Å². The summed E-state index contributed by atoms with van der Waals surface area (Å²) in [5, 5.41) is 14.3. The highest BCUT2D eigenvalue weighted by molar-refractivity contribution is 9.10. The highest BCUT2D eigenvalue weighted by atomic mass is 79.9. The molecule has 0 aliphatic carbocycles. The van der Waals surface area contributed by atoms with Gasteiger partial charge in [0.25, 0.3) is 0 Å². The minimum Gasteiger partial charge on any atom is -0.392 e. The van der Waals surface area contributed by atoms with E-state index in [4.69, 9.17) is 5.11 Å². The maximum absolute atomic E-state index is 13.2. The Labute approximate surface area is 118 Å². The monoisotopic (exact) mass is 329 g/mol. The highest BCUT2D eigenvalue weighted by Gasteiger charge is 2.03. The van der Waals surface area contributed by atoms with E-state index in [0.29, 0.717) is 12.1 Å². The van der Waals surface area contributed by atoms with Crippen molar-refractivity contribution in [3.05, 3.63) is 55.9 Å². The summed E-state index contributed by atoms with van der Waals surface area (Å²) in [7, 11) is 0. The van der Waals surface area contributed by atoms with Crippen molar-refractivity contribution in [1.29, 1.82) is 0 Å². The van der Waals surface area contributed by atoms with Gasteiger partial charge in [0.2, 0.25) is 0 Å².